The number of benzene rings is 2. The van der Waals surface area contributed by atoms with Gasteiger partial charge in [0.2, 0.25) is 0 Å². The fraction of sp³-hybridized carbons (Fsp3) is 0.375. The Bertz CT molecular complexity index is 1120. The van der Waals surface area contributed by atoms with Gasteiger partial charge in [0.25, 0.3) is 0 Å². The molecule has 7 heteroatoms. The van der Waals surface area contributed by atoms with Crippen molar-refractivity contribution in [3.63, 3.8) is 0 Å². The number of allylic oxidation sites excluding steroid dienone is 2. The lowest BCUT2D eigenvalue weighted by molar-refractivity contribution is 0.452. The molecule has 0 N–H and O–H groups in total. The maximum Gasteiger partial charge on any atom is 0.174 e. The van der Waals surface area contributed by atoms with Crippen molar-refractivity contribution in [2.45, 2.75) is 33.1 Å². The van der Waals surface area contributed by atoms with E-state index in [9.17, 15) is 0 Å². The molecule has 2 aliphatic rings. The van der Waals surface area contributed by atoms with Gasteiger partial charge in [-0.25, -0.2) is 14.2 Å². The molecule has 0 aliphatic carbocycles. The van der Waals surface area contributed by atoms with Crippen LogP contribution in [-0.2, 0) is 5.41 Å². The van der Waals surface area contributed by atoms with Crippen LogP contribution in [0.4, 0.5) is 11.4 Å². The van der Waals surface area contributed by atoms with Crippen LogP contribution in [0, 0.1) is 0 Å². The Hall–Kier alpha value is -2.07. The van der Waals surface area contributed by atoms with E-state index < -0.39 is 7.36 Å². The van der Waals surface area contributed by atoms with Crippen molar-refractivity contribution in [1.29, 1.82) is 0 Å². The molecule has 0 fully saturated rings. The highest BCUT2D eigenvalue weighted by Gasteiger charge is 2.47. The number of likely N-dealkylation sites (N-methyl/N-ethyl adjacent to an activating group) is 1. The lowest BCUT2D eigenvalue weighted by Gasteiger charge is -2.39. The molecule has 31 heavy (non-hydrogen) atoms. The monoisotopic (exact) mass is 455 g/mol. The first-order valence-corrected chi connectivity index (χ1v) is 12.8. The van der Waals surface area contributed by atoms with Gasteiger partial charge in [-0.15, -0.1) is 0 Å². The summed E-state index contributed by atoms with van der Waals surface area (Å²) in [6.07, 6.45) is 2.03. The van der Waals surface area contributed by atoms with Crippen LogP contribution in [0.1, 0.15) is 33.3 Å². The molecule has 5 nitrogen and oxygen atoms in total. The Morgan fingerprint density at radius 2 is 1.68 bits per heavy atom. The van der Waals surface area contributed by atoms with Crippen LogP contribution in [-0.4, -0.2) is 42.8 Å². The molecule has 0 saturated heterocycles. The second kappa shape index (κ2) is 8.12. The first kappa shape index (κ1) is 22.1. The second-order valence-electron chi connectivity index (χ2n) is 8.43. The summed E-state index contributed by atoms with van der Waals surface area (Å²) in [5, 5.41) is 6.68. The van der Waals surface area contributed by atoms with E-state index in [1.165, 1.54) is 22.3 Å². The van der Waals surface area contributed by atoms with Crippen molar-refractivity contribution in [2.75, 3.05) is 32.1 Å². The maximum absolute atomic E-state index is 6.59. The van der Waals surface area contributed by atoms with Gasteiger partial charge in [-0.3, -0.25) is 0 Å². The number of hydrogen-bond donors (Lipinski definition) is 0. The van der Waals surface area contributed by atoms with E-state index in [4.69, 9.17) is 21.4 Å². The predicted molar refractivity (Wildman–Crippen MR) is 135 cm³/mol. The van der Waals surface area contributed by atoms with Gasteiger partial charge < -0.3 is 4.90 Å². The number of fused-ring (bicyclic) bond motifs is 1. The van der Waals surface area contributed by atoms with Crippen molar-refractivity contribution in [3.8, 4) is 0 Å². The smallest absolute Gasteiger partial charge is 0.174 e. The number of para-hydroxylation sites is 1. The van der Waals surface area contributed by atoms with E-state index >= 15 is 0 Å². The minimum Gasteiger partial charge on any atom is -0.346 e. The molecule has 4 rings (SSSR count). The minimum atomic E-state index is -2.38. The van der Waals surface area contributed by atoms with Crippen molar-refractivity contribution in [3.05, 3.63) is 70.1 Å². The number of hydrazone groups is 1. The van der Waals surface area contributed by atoms with Crippen LogP contribution < -0.4 is 4.90 Å². The molecule has 0 aromatic heterocycles. The van der Waals surface area contributed by atoms with Gasteiger partial charge in [0, 0.05) is 44.0 Å². The van der Waals surface area contributed by atoms with E-state index in [-0.39, 0.29) is 5.41 Å². The zero-order valence-electron chi connectivity index (χ0n) is 19.2. The predicted octanol–water partition coefficient (Wildman–Crippen LogP) is 6.91. The molecule has 0 spiro atoms. The highest BCUT2D eigenvalue weighted by Crippen LogP contribution is 2.69. The van der Waals surface area contributed by atoms with Crippen LogP contribution in [0.3, 0.4) is 0 Å². The Morgan fingerprint density at radius 3 is 2.32 bits per heavy atom. The third-order valence-corrected chi connectivity index (χ3v) is 10.5. The van der Waals surface area contributed by atoms with Crippen LogP contribution >= 0.6 is 19.0 Å². The molecule has 0 bridgehead atoms. The lowest BCUT2D eigenvalue weighted by atomic mass is 9.84. The molecule has 2 aromatic rings. The van der Waals surface area contributed by atoms with E-state index in [1.807, 2.05) is 37.5 Å². The number of rotatable bonds is 4. The molecule has 0 amide bonds. The van der Waals surface area contributed by atoms with Gasteiger partial charge in [-0.1, -0.05) is 69.6 Å². The summed E-state index contributed by atoms with van der Waals surface area (Å²) in [6, 6.07) is 16.5. The average molecular weight is 456 g/mol. The van der Waals surface area contributed by atoms with Gasteiger partial charge in [0.05, 0.1) is 22.2 Å². The molecule has 2 aliphatic heterocycles. The SMILES string of the molecule is CCN(CC)P1(=Nc2ccccc2Cl)/C(=C2\N(C)c3ccccc3C2(C)C)C=NN1C. The fourth-order valence-corrected chi connectivity index (χ4v) is 8.88. The second-order valence-corrected chi connectivity index (χ2v) is 11.8. The van der Waals surface area contributed by atoms with Crippen LogP contribution in [0.15, 0.2) is 69.4 Å². The largest absolute Gasteiger partial charge is 0.346 e. The number of nitrogens with zero attached hydrogens (tertiary/aromatic N) is 5. The third-order valence-electron chi connectivity index (χ3n) is 6.41. The summed E-state index contributed by atoms with van der Waals surface area (Å²) < 4.78 is 9.96. The fourth-order valence-electron chi connectivity index (χ4n) is 4.92. The first-order valence-electron chi connectivity index (χ1n) is 10.8. The zero-order valence-corrected chi connectivity index (χ0v) is 20.8. The zero-order chi connectivity index (χ0) is 22.4. The van der Waals surface area contributed by atoms with Crippen LogP contribution in [0.5, 0.6) is 0 Å². The number of hydrogen-bond acceptors (Lipinski definition) is 3. The summed E-state index contributed by atoms with van der Waals surface area (Å²) in [5.74, 6) is 0. The van der Waals surface area contributed by atoms with Gasteiger partial charge in [0.15, 0.2) is 7.36 Å². The molecule has 2 aromatic carbocycles. The lowest BCUT2D eigenvalue weighted by Crippen LogP contribution is -2.30. The molecule has 164 valence electrons. The Morgan fingerprint density at radius 1 is 1.03 bits per heavy atom. The summed E-state index contributed by atoms with van der Waals surface area (Å²) >= 11 is 6.59. The van der Waals surface area contributed by atoms with E-state index in [0.717, 1.165) is 18.8 Å². The molecular weight excluding hydrogens is 425 g/mol. The van der Waals surface area contributed by atoms with Crippen LogP contribution in [0.25, 0.3) is 0 Å². The van der Waals surface area contributed by atoms with E-state index in [0.29, 0.717) is 5.02 Å². The Balaban J connectivity index is 2.08. The summed E-state index contributed by atoms with van der Waals surface area (Å²) in [5.41, 5.74) is 4.49. The summed E-state index contributed by atoms with van der Waals surface area (Å²) in [7, 11) is 1.83. The minimum absolute atomic E-state index is 0.160. The highest BCUT2D eigenvalue weighted by molar-refractivity contribution is 7.67. The Labute approximate surface area is 191 Å². The maximum atomic E-state index is 6.59. The van der Waals surface area contributed by atoms with E-state index in [2.05, 4.69) is 73.4 Å². The van der Waals surface area contributed by atoms with E-state index in [1.54, 1.807) is 0 Å². The number of halogens is 1. The highest BCUT2D eigenvalue weighted by atomic mass is 35.5. The molecular formula is C24H31ClN5P. The number of anilines is 1. The summed E-state index contributed by atoms with van der Waals surface area (Å²) in [6.45, 7) is 10.7. The summed E-state index contributed by atoms with van der Waals surface area (Å²) in [4.78, 5) is 2.33. The molecule has 0 radical (unpaired) electrons. The average Bonchev–Trinajstić information content (AvgIpc) is 3.16. The van der Waals surface area contributed by atoms with Crippen molar-refractivity contribution in [1.82, 2.24) is 9.45 Å². The van der Waals surface area contributed by atoms with Gasteiger partial charge in [0.1, 0.15) is 0 Å². The van der Waals surface area contributed by atoms with Crippen molar-refractivity contribution < 1.29 is 0 Å². The molecule has 1 unspecified atom stereocenters. The van der Waals surface area contributed by atoms with Gasteiger partial charge >= 0.3 is 0 Å². The molecule has 1 atom stereocenters. The third kappa shape index (κ3) is 3.26. The van der Waals surface area contributed by atoms with Crippen molar-refractivity contribution >= 4 is 36.5 Å². The van der Waals surface area contributed by atoms with Gasteiger partial charge in [-0.2, -0.15) is 5.10 Å². The van der Waals surface area contributed by atoms with Gasteiger partial charge in [-0.05, 0) is 23.8 Å². The van der Waals surface area contributed by atoms with Crippen LogP contribution in [0.2, 0.25) is 5.02 Å². The standard InChI is InChI=1S/C24H31ClN5P/c1-7-30(8-2)31(27-20-15-11-10-14-19(20)25)22(17-26-29(31)6)23-24(3,4)18-13-9-12-16-21(18)28(23)5/h9-17H,7-8H2,1-6H3/b23-22-. The quantitative estimate of drug-likeness (QED) is 0.469. The van der Waals surface area contributed by atoms with Crippen molar-refractivity contribution in [2.24, 2.45) is 9.85 Å². The normalized spacial score (nSPS) is 24.3. The Kier molecular flexibility index (Phi) is 5.80. The molecule has 2 heterocycles. The first-order chi connectivity index (χ1) is 14.8. The topological polar surface area (TPSA) is 34.4 Å². The molecule has 0 saturated carbocycles.